The molecule has 108 valence electrons. The van der Waals surface area contributed by atoms with E-state index in [1.807, 2.05) is 61.5 Å². The first kappa shape index (κ1) is 13.7. The molecule has 0 amide bonds. The van der Waals surface area contributed by atoms with Gasteiger partial charge in [0, 0.05) is 5.41 Å². The molecule has 2 atom stereocenters. The van der Waals surface area contributed by atoms with Crippen molar-refractivity contribution in [3.8, 4) is 5.75 Å². The Balaban J connectivity index is 1.71. The molecule has 1 unspecified atom stereocenters. The largest absolute Gasteiger partial charge is 0.489 e. The van der Waals surface area contributed by atoms with Crippen LogP contribution >= 0.6 is 0 Å². The van der Waals surface area contributed by atoms with Crippen molar-refractivity contribution in [2.45, 2.75) is 25.4 Å². The van der Waals surface area contributed by atoms with Crippen LogP contribution in [0.25, 0.3) is 0 Å². The Labute approximate surface area is 124 Å². The Bertz CT molecular complexity index is 651. The van der Waals surface area contributed by atoms with Gasteiger partial charge in [-0.2, -0.15) is 0 Å². The molecule has 3 nitrogen and oxygen atoms in total. The monoisotopic (exact) mass is 282 g/mol. The maximum Gasteiger partial charge on any atom is 0.307 e. The Kier molecular flexibility index (Phi) is 3.42. The summed E-state index contributed by atoms with van der Waals surface area (Å²) in [4.78, 5) is 11.1. The molecule has 0 spiro atoms. The number of benzene rings is 2. The van der Waals surface area contributed by atoms with Gasteiger partial charge in [0.1, 0.15) is 12.4 Å². The number of carboxylic acids is 1. The van der Waals surface area contributed by atoms with Crippen LogP contribution in [-0.2, 0) is 16.8 Å². The molecule has 0 aliphatic heterocycles. The molecule has 0 saturated heterocycles. The molecule has 1 aliphatic rings. The molecule has 1 fully saturated rings. The minimum absolute atomic E-state index is 0.252. The second-order valence-corrected chi connectivity index (χ2v) is 5.81. The summed E-state index contributed by atoms with van der Waals surface area (Å²) >= 11 is 0. The van der Waals surface area contributed by atoms with E-state index in [1.165, 1.54) is 0 Å². The van der Waals surface area contributed by atoms with E-state index in [2.05, 4.69) is 0 Å². The Morgan fingerprint density at radius 1 is 1.24 bits per heavy atom. The van der Waals surface area contributed by atoms with Crippen molar-refractivity contribution < 1.29 is 14.6 Å². The molecular formula is C18H18O3. The van der Waals surface area contributed by atoms with Gasteiger partial charge in [-0.3, -0.25) is 4.79 Å². The zero-order valence-electron chi connectivity index (χ0n) is 12.0. The second kappa shape index (κ2) is 5.24. The molecule has 0 heterocycles. The lowest BCUT2D eigenvalue weighted by atomic mass is 9.95. The average Bonchev–Trinajstić information content (AvgIpc) is 3.21. The van der Waals surface area contributed by atoms with Crippen LogP contribution in [0, 0.1) is 5.92 Å². The predicted molar refractivity (Wildman–Crippen MR) is 80.3 cm³/mol. The number of carbonyl (C=O) groups is 1. The summed E-state index contributed by atoms with van der Waals surface area (Å²) in [5.41, 5.74) is 1.90. The Morgan fingerprint density at radius 3 is 2.67 bits per heavy atom. The molecule has 3 rings (SSSR count). The van der Waals surface area contributed by atoms with Crippen molar-refractivity contribution in [2.75, 3.05) is 0 Å². The second-order valence-electron chi connectivity index (χ2n) is 5.81. The predicted octanol–water partition coefficient (Wildman–Crippen LogP) is 3.63. The SMILES string of the molecule is C[C@@]1(c2cccc(OCc3ccccc3)c2)CC1C(=O)O. The summed E-state index contributed by atoms with van der Waals surface area (Å²) in [5.74, 6) is -0.205. The van der Waals surface area contributed by atoms with Crippen LogP contribution in [0.1, 0.15) is 24.5 Å². The molecule has 0 aromatic heterocycles. The van der Waals surface area contributed by atoms with Crippen LogP contribution in [0.4, 0.5) is 0 Å². The molecule has 1 aliphatic carbocycles. The van der Waals surface area contributed by atoms with E-state index in [0.29, 0.717) is 13.0 Å². The topological polar surface area (TPSA) is 46.5 Å². The fourth-order valence-electron chi connectivity index (χ4n) is 2.73. The number of rotatable bonds is 5. The van der Waals surface area contributed by atoms with E-state index >= 15 is 0 Å². The molecular weight excluding hydrogens is 264 g/mol. The van der Waals surface area contributed by atoms with Gasteiger partial charge >= 0.3 is 5.97 Å². The summed E-state index contributed by atoms with van der Waals surface area (Å²) < 4.78 is 5.80. The summed E-state index contributed by atoms with van der Waals surface area (Å²) in [5, 5.41) is 9.14. The zero-order chi connectivity index (χ0) is 14.9. The molecule has 1 N–H and O–H groups in total. The van der Waals surface area contributed by atoms with Gasteiger partial charge in [0.2, 0.25) is 0 Å². The summed E-state index contributed by atoms with van der Waals surface area (Å²) in [6, 6.07) is 17.8. The van der Waals surface area contributed by atoms with E-state index in [-0.39, 0.29) is 11.3 Å². The quantitative estimate of drug-likeness (QED) is 0.911. The Morgan fingerprint density at radius 2 is 2.00 bits per heavy atom. The van der Waals surface area contributed by atoms with E-state index in [0.717, 1.165) is 16.9 Å². The number of carboxylic acid groups (broad SMARTS) is 1. The van der Waals surface area contributed by atoms with Gasteiger partial charge in [0.25, 0.3) is 0 Å². The zero-order valence-corrected chi connectivity index (χ0v) is 12.0. The van der Waals surface area contributed by atoms with Crippen LogP contribution in [0.3, 0.4) is 0 Å². The van der Waals surface area contributed by atoms with Crippen molar-refractivity contribution in [3.63, 3.8) is 0 Å². The lowest BCUT2D eigenvalue weighted by molar-refractivity contribution is -0.138. The van der Waals surface area contributed by atoms with Gasteiger partial charge in [-0.15, -0.1) is 0 Å². The third kappa shape index (κ3) is 2.77. The van der Waals surface area contributed by atoms with Crippen molar-refractivity contribution in [1.82, 2.24) is 0 Å². The fraction of sp³-hybridized carbons (Fsp3) is 0.278. The van der Waals surface area contributed by atoms with Crippen molar-refractivity contribution in [3.05, 3.63) is 65.7 Å². The summed E-state index contributed by atoms with van der Waals surface area (Å²) in [6.45, 7) is 2.52. The highest BCUT2D eigenvalue weighted by atomic mass is 16.5. The molecule has 2 aromatic rings. The molecule has 3 heteroatoms. The van der Waals surface area contributed by atoms with Crippen LogP contribution in [0.5, 0.6) is 5.75 Å². The van der Waals surface area contributed by atoms with E-state index in [1.54, 1.807) is 0 Å². The molecule has 21 heavy (non-hydrogen) atoms. The first-order valence-electron chi connectivity index (χ1n) is 7.10. The number of ether oxygens (including phenoxy) is 1. The average molecular weight is 282 g/mol. The van der Waals surface area contributed by atoms with Crippen LogP contribution < -0.4 is 4.74 Å². The highest BCUT2D eigenvalue weighted by Crippen LogP contribution is 2.54. The minimum Gasteiger partial charge on any atom is -0.489 e. The molecule has 2 aromatic carbocycles. The summed E-state index contributed by atoms with van der Waals surface area (Å²) in [6.07, 6.45) is 0.699. The standard InChI is InChI=1S/C18H18O3/c1-18(11-16(18)17(19)20)14-8-5-9-15(10-14)21-12-13-6-3-2-4-7-13/h2-10,16H,11-12H2,1H3,(H,19,20)/t16?,18-/m0/s1. The van der Waals surface area contributed by atoms with Gasteiger partial charge in [-0.1, -0.05) is 49.4 Å². The highest BCUT2D eigenvalue weighted by Gasteiger charge is 2.55. The lowest BCUT2D eigenvalue weighted by Crippen LogP contribution is -2.11. The van der Waals surface area contributed by atoms with Gasteiger partial charge in [-0.05, 0) is 29.7 Å². The highest BCUT2D eigenvalue weighted by molar-refractivity contribution is 5.77. The normalized spacial score (nSPS) is 23.6. The smallest absolute Gasteiger partial charge is 0.307 e. The van der Waals surface area contributed by atoms with Crippen molar-refractivity contribution in [1.29, 1.82) is 0 Å². The number of hydrogen-bond donors (Lipinski definition) is 1. The maximum absolute atomic E-state index is 11.1. The van der Waals surface area contributed by atoms with Crippen LogP contribution in [0.2, 0.25) is 0 Å². The summed E-state index contributed by atoms with van der Waals surface area (Å²) in [7, 11) is 0. The number of aliphatic carboxylic acids is 1. The van der Waals surface area contributed by atoms with Crippen LogP contribution in [0.15, 0.2) is 54.6 Å². The van der Waals surface area contributed by atoms with E-state index < -0.39 is 5.97 Å². The van der Waals surface area contributed by atoms with Crippen molar-refractivity contribution >= 4 is 5.97 Å². The minimum atomic E-state index is -0.715. The molecule has 1 saturated carbocycles. The van der Waals surface area contributed by atoms with Gasteiger partial charge in [0.15, 0.2) is 0 Å². The Hall–Kier alpha value is -2.29. The van der Waals surface area contributed by atoms with Crippen molar-refractivity contribution in [2.24, 2.45) is 5.92 Å². The fourth-order valence-corrected chi connectivity index (χ4v) is 2.73. The third-order valence-corrected chi connectivity index (χ3v) is 4.28. The first-order valence-corrected chi connectivity index (χ1v) is 7.10. The maximum atomic E-state index is 11.1. The van der Waals surface area contributed by atoms with Gasteiger partial charge in [-0.25, -0.2) is 0 Å². The van der Waals surface area contributed by atoms with Gasteiger partial charge in [0.05, 0.1) is 5.92 Å². The lowest BCUT2D eigenvalue weighted by Gasteiger charge is -2.13. The van der Waals surface area contributed by atoms with Crippen LogP contribution in [-0.4, -0.2) is 11.1 Å². The molecule has 0 bridgehead atoms. The third-order valence-electron chi connectivity index (χ3n) is 4.28. The first-order chi connectivity index (χ1) is 10.1. The van der Waals surface area contributed by atoms with E-state index in [4.69, 9.17) is 9.84 Å². The number of hydrogen-bond acceptors (Lipinski definition) is 2. The molecule has 0 radical (unpaired) electrons. The van der Waals surface area contributed by atoms with E-state index in [9.17, 15) is 4.79 Å². The van der Waals surface area contributed by atoms with Gasteiger partial charge < -0.3 is 9.84 Å².